The van der Waals surface area contributed by atoms with E-state index in [1.54, 1.807) is 36.6 Å². The van der Waals surface area contributed by atoms with Gasteiger partial charge in [0.15, 0.2) is 11.2 Å². The standard InChI is InChI=1S/C18H15FN6O2S/c19-14-6-2-1-4-12(14)9-25-17-16(23-24-25)18(22-11-21-17)28-10-15(26)20-8-13-5-3-7-27-13/h1-7,11H,8-10H2,(H,20,26). The molecule has 0 saturated carbocycles. The molecule has 3 aromatic heterocycles. The van der Waals surface area contributed by atoms with Gasteiger partial charge in [-0.2, -0.15) is 0 Å². The lowest BCUT2D eigenvalue weighted by Crippen LogP contribution is -2.24. The van der Waals surface area contributed by atoms with Crippen LogP contribution in [0.25, 0.3) is 11.2 Å². The molecule has 0 atom stereocenters. The Balaban J connectivity index is 1.44. The number of fused-ring (bicyclic) bond motifs is 1. The number of nitrogens with zero attached hydrogens (tertiary/aromatic N) is 5. The van der Waals surface area contributed by atoms with Gasteiger partial charge in [-0.3, -0.25) is 4.79 Å². The Kier molecular flexibility index (Phi) is 5.29. The van der Waals surface area contributed by atoms with E-state index in [9.17, 15) is 9.18 Å². The molecule has 0 radical (unpaired) electrons. The number of aromatic nitrogens is 5. The molecule has 142 valence electrons. The van der Waals surface area contributed by atoms with Gasteiger partial charge in [-0.15, -0.1) is 5.10 Å². The highest BCUT2D eigenvalue weighted by atomic mass is 32.2. The number of carbonyl (C=O) groups is 1. The van der Waals surface area contributed by atoms with Crippen molar-refractivity contribution in [3.8, 4) is 0 Å². The number of thioether (sulfide) groups is 1. The first-order chi connectivity index (χ1) is 13.7. The van der Waals surface area contributed by atoms with Crippen LogP contribution in [-0.4, -0.2) is 36.6 Å². The molecule has 0 bridgehead atoms. The van der Waals surface area contributed by atoms with Crippen molar-refractivity contribution < 1.29 is 13.6 Å². The molecule has 0 aliphatic carbocycles. The van der Waals surface area contributed by atoms with E-state index in [-0.39, 0.29) is 24.0 Å². The summed E-state index contributed by atoms with van der Waals surface area (Å²) in [5.74, 6) is 0.362. The fourth-order valence-corrected chi connectivity index (χ4v) is 3.32. The number of benzene rings is 1. The van der Waals surface area contributed by atoms with Crippen molar-refractivity contribution >= 4 is 28.8 Å². The molecule has 8 nitrogen and oxygen atoms in total. The minimum atomic E-state index is -0.317. The van der Waals surface area contributed by atoms with Crippen LogP contribution in [-0.2, 0) is 17.9 Å². The Morgan fingerprint density at radius 3 is 2.93 bits per heavy atom. The second kappa shape index (κ2) is 8.17. The van der Waals surface area contributed by atoms with Gasteiger partial charge >= 0.3 is 0 Å². The SMILES string of the molecule is O=C(CSc1ncnc2c1nnn2Cc1ccccc1F)NCc1ccco1. The summed E-state index contributed by atoms with van der Waals surface area (Å²) in [5.41, 5.74) is 1.44. The molecule has 28 heavy (non-hydrogen) atoms. The Hall–Kier alpha value is -3.27. The molecule has 0 aliphatic heterocycles. The Morgan fingerprint density at radius 2 is 2.11 bits per heavy atom. The van der Waals surface area contributed by atoms with Gasteiger partial charge in [-0.05, 0) is 18.2 Å². The van der Waals surface area contributed by atoms with Crippen LogP contribution in [0, 0.1) is 5.82 Å². The summed E-state index contributed by atoms with van der Waals surface area (Å²) in [5, 5.41) is 11.5. The fraction of sp³-hybridized carbons (Fsp3) is 0.167. The molecule has 0 saturated heterocycles. The molecule has 0 unspecified atom stereocenters. The summed E-state index contributed by atoms with van der Waals surface area (Å²) in [6.07, 6.45) is 2.94. The lowest BCUT2D eigenvalue weighted by Gasteiger charge is -2.04. The van der Waals surface area contributed by atoms with Crippen molar-refractivity contribution in [3.05, 3.63) is 66.1 Å². The van der Waals surface area contributed by atoms with Gasteiger partial charge in [-0.1, -0.05) is 35.2 Å². The molecule has 4 rings (SSSR count). The number of hydrogen-bond acceptors (Lipinski definition) is 7. The number of nitrogens with one attached hydrogen (secondary N) is 1. The quantitative estimate of drug-likeness (QED) is 0.377. The zero-order chi connectivity index (χ0) is 19.3. The minimum Gasteiger partial charge on any atom is -0.467 e. The number of halogens is 1. The third kappa shape index (κ3) is 4.01. The molecule has 1 N–H and O–H groups in total. The highest BCUT2D eigenvalue weighted by Gasteiger charge is 2.15. The fourth-order valence-electron chi connectivity index (χ4n) is 2.56. The van der Waals surface area contributed by atoms with Gasteiger partial charge in [-0.25, -0.2) is 19.0 Å². The number of amides is 1. The molecule has 0 aliphatic rings. The highest BCUT2D eigenvalue weighted by Crippen LogP contribution is 2.23. The van der Waals surface area contributed by atoms with E-state index in [0.717, 1.165) is 0 Å². The van der Waals surface area contributed by atoms with E-state index in [4.69, 9.17) is 4.42 Å². The molecule has 10 heteroatoms. The van der Waals surface area contributed by atoms with Crippen molar-refractivity contribution in [2.24, 2.45) is 0 Å². The summed E-state index contributed by atoms with van der Waals surface area (Å²) in [6, 6.07) is 10.0. The van der Waals surface area contributed by atoms with E-state index >= 15 is 0 Å². The van der Waals surface area contributed by atoms with E-state index < -0.39 is 0 Å². The minimum absolute atomic E-state index is 0.160. The third-order valence-corrected chi connectivity index (χ3v) is 4.90. The zero-order valence-electron chi connectivity index (χ0n) is 14.6. The summed E-state index contributed by atoms with van der Waals surface area (Å²) in [4.78, 5) is 20.4. The Bertz CT molecular complexity index is 1100. The van der Waals surface area contributed by atoms with E-state index in [1.165, 1.54) is 28.8 Å². The summed E-state index contributed by atoms with van der Waals surface area (Å²) >= 11 is 1.23. The van der Waals surface area contributed by atoms with E-state index in [0.29, 0.717) is 34.1 Å². The summed E-state index contributed by atoms with van der Waals surface area (Å²) in [6.45, 7) is 0.526. The van der Waals surface area contributed by atoms with E-state index in [1.807, 2.05) is 0 Å². The lowest BCUT2D eigenvalue weighted by molar-refractivity contribution is -0.118. The third-order valence-electron chi connectivity index (χ3n) is 3.92. The smallest absolute Gasteiger partial charge is 0.230 e. The maximum atomic E-state index is 13.9. The molecule has 1 amide bonds. The first-order valence-electron chi connectivity index (χ1n) is 8.40. The van der Waals surface area contributed by atoms with Crippen LogP contribution in [0.1, 0.15) is 11.3 Å². The molecule has 1 aromatic carbocycles. The maximum Gasteiger partial charge on any atom is 0.230 e. The average molecular weight is 398 g/mol. The molecule has 0 spiro atoms. The van der Waals surface area contributed by atoms with Crippen molar-refractivity contribution in [1.29, 1.82) is 0 Å². The summed E-state index contributed by atoms with van der Waals surface area (Å²) < 4.78 is 20.6. The zero-order valence-corrected chi connectivity index (χ0v) is 15.4. The lowest BCUT2D eigenvalue weighted by atomic mass is 10.2. The first-order valence-corrected chi connectivity index (χ1v) is 9.39. The van der Waals surface area contributed by atoms with E-state index in [2.05, 4.69) is 25.6 Å². The monoisotopic (exact) mass is 398 g/mol. The second-order valence-corrected chi connectivity index (χ2v) is 6.80. The van der Waals surface area contributed by atoms with Crippen molar-refractivity contribution in [1.82, 2.24) is 30.3 Å². The van der Waals surface area contributed by atoms with Gasteiger partial charge in [0.25, 0.3) is 0 Å². The highest BCUT2D eigenvalue weighted by molar-refractivity contribution is 8.00. The van der Waals surface area contributed by atoms with Crippen LogP contribution in [0.2, 0.25) is 0 Å². The molecule has 4 aromatic rings. The van der Waals surface area contributed by atoms with Crippen LogP contribution < -0.4 is 5.32 Å². The van der Waals surface area contributed by atoms with Gasteiger partial charge in [0.05, 0.1) is 25.1 Å². The Morgan fingerprint density at radius 1 is 1.21 bits per heavy atom. The van der Waals surface area contributed by atoms with Crippen molar-refractivity contribution in [2.75, 3.05) is 5.75 Å². The van der Waals surface area contributed by atoms with Crippen LogP contribution in [0.4, 0.5) is 4.39 Å². The van der Waals surface area contributed by atoms with Crippen molar-refractivity contribution in [3.63, 3.8) is 0 Å². The van der Waals surface area contributed by atoms with Crippen LogP contribution in [0.3, 0.4) is 0 Å². The number of hydrogen-bond donors (Lipinski definition) is 1. The normalized spacial score (nSPS) is 11.0. The Labute approximate surface area is 163 Å². The van der Waals surface area contributed by atoms with Crippen LogP contribution in [0.5, 0.6) is 0 Å². The van der Waals surface area contributed by atoms with Gasteiger partial charge in [0.1, 0.15) is 22.9 Å². The van der Waals surface area contributed by atoms with Crippen molar-refractivity contribution in [2.45, 2.75) is 18.1 Å². The molecule has 3 heterocycles. The second-order valence-electron chi connectivity index (χ2n) is 5.83. The van der Waals surface area contributed by atoms with Gasteiger partial charge in [0, 0.05) is 5.56 Å². The topological polar surface area (TPSA) is 98.7 Å². The number of carbonyl (C=O) groups excluding carboxylic acids is 1. The predicted octanol–water partition coefficient (Wildman–Crippen LogP) is 2.41. The van der Waals surface area contributed by atoms with Gasteiger partial charge < -0.3 is 9.73 Å². The molecule has 0 fully saturated rings. The predicted molar refractivity (Wildman–Crippen MR) is 99.9 cm³/mol. The first kappa shape index (κ1) is 18.1. The van der Waals surface area contributed by atoms with Crippen LogP contribution >= 0.6 is 11.8 Å². The number of furan rings is 1. The largest absolute Gasteiger partial charge is 0.467 e. The number of rotatable bonds is 7. The maximum absolute atomic E-state index is 13.9. The van der Waals surface area contributed by atoms with Gasteiger partial charge in [0.2, 0.25) is 5.91 Å². The van der Waals surface area contributed by atoms with Crippen LogP contribution in [0.15, 0.2) is 58.4 Å². The average Bonchev–Trinajstić information content (AvgIpc) is 3.37. The molecular formula is C18H15FN6O2S. The summed E-state index contributed by atoms with van der Waals surface area (Å²) in [7, 11) is 0. The molecular weight excluding hydrogens is 383 g/mol.